The molecule has 4 unspecified atom stereocenters. The molecule has 0 amide bonds. The zero-order chi connectivity index (χ0) is 12.5. The molecule has 1 aromatic carbocycles. The molecule has 2 aliphatic heterocycles. The molecule has 2 fully saturated rings. The van der Waals surface area contributed by atoms with Crippen LogP contribution in [0.3, 0.4) is 0 Å². The van der Waals surface area contributed by atoms with Crippen molar-refractivity contribution in [2.45, 2.75) is 56.5 Å². The third-order valence-corrected chi connectivity index (χ3v) is 4.46. The van der Waals surface area contributed by atoms with Crippen molar-refractivity contribution < 1.29 is 10.2 Å². The van der Waals surface area contributed by atoms with Gasteiger partial charge in [0.1, 0.15) is 0 Å². The van der Waals surface area contributed by atoms with Crippen molar-refractivity contribution in [1.29, 1.82) is 0 Å². The Morgan fingerprint density at radius 3 is 2.00 bits per heavy atom. The van der Waals surface area contributed by atoms with Crippen molar-refractivity contribution in [3.05, 3.63) is 35.9 Å². The van der Waals surface area contributed by atoms with E-state index in [1.807, 2.05) is 18.2 Å². The van der Waals surface area contributed by atoms with E-state index in [4.69, 9.17) is 0 Å². The normalized spacial score (nSPS) is 36.6. The number of piperidine rings is 2. The first kappa shape index (κ1) is 12.2. The highest BCUT2D eigenvalue weighted by atomic mass is 16.3. The number of benzene rings is 1. The molecule has 2 bridgehead atoms. The Bertz CT molecular complexity index is 377. The summed E-state index contributed by atoms with van der Waals surface area (Å²) in [4.78, 5) is 2.32. The minimum absolute atomic E-state index is 0.225. The van der Waals surface area contributed by atoms with E-state index in [-0.39, 0.29) is 24.3 Å². The molecule has 0 aromatic heterocycles. The minimum Gasteiger partial charge on any atom is -0.391 e. The van der Waals surface area contributed by atoms with E-state index in [0.717, 1.165) is 32.2 Å². The molecule has 0 saturated carbocycles. The molecule has 0 aliphatic carbocycles. The van der Waals surface area contributed by atoms with Crippen molar-refractivity contribution >= 4 is 0 Å². The van der Waals surface area contributed by atoms with Gasteiger partial charge in [-0.2, -0.15) is 0 Å². The Kier molecular flexibility index (Phi) is 3.37. The van der Waals surface area contributed by atoms with E-state index in [9.17, 15) is 10.2 Å². The van der Waals surface area contributed by atoms with Gasteiger partial charge in [-0.15, -0.1) is 0 Å². The van der Waals surface area contributed by atoms with Gasteiger partial charge in [-0.1, -0.05) is 30.3 Å². The van der Waals surface area contributed by atoms with E-state index < -0.39 is 0 Å². The van der Waals surface area contributed by atoms with Crippen LogP contribution in [0.25, 0.3) is 0 Å². The molecule has 4 atom stereocenters. The Morgan fingerprint density at radius 1 is 0.889 bits per heavy atom. The molecule has 98 valence electrons. The number of hydrogen-bond donors (Lipinski definition) is 2. The highest BCUT2D eigenvalue weighted by Gasteiger charge is 2.42. The lowest BCUT2D eigenvalue weighted by Gasteiger charge is -2.50. The minimum atomic E-state index is -0.225. The van der Waals surface area contributed by atoms with E-state index in [1.165, 1.54) is 5.56 Å². The van der Waals surface area contributed by atoms with Crippen molar-refractivity contribution in [1.82, 2.24) is 4.90 Å². The number of hydrogen-bond acceptors (Lipinski definition) is 3. The lowest BCUT2D eigenvalue weighted by molar-refractivity contribution is -0.102. The number of rotatable bonds is 2. The summed E-state index contributed by atoms with van der Waals surface area (Å²) in [6, 6.07) is 10.8. The van der Waals surface area contributed by atoms with Gasteiger partial charge in [-0.25, -0.2) is 0 Å². The molecular formula is C15H21NO2. The second-order valence-electron chi connectivity index (χ2n) is 5.58. The van der Waals surface area contributed by atoms with Crippen molar-refractivity contribution in [3.8, 4) is 0 Å². The average Bonchev–Trinajstić information content (AvgIpc) is 2.38. The lowest BCUT2D eigenvalue weighted by atomic mass is 9.81. The molecule has 3 rings (SSSR count). The molecule has 0 spiro atoms. The number of aliphatic hydroxyl groups is 2. The maximum Gasteiger partial charge on any atom is 0.0696 e. The molecule has 0 radical (unpaired) electrons. The van der Waals surface area contributed by atoms with Crippen LogP contribution in [0.4, 0.5) is 0 Å². The first-order valence-corrected chi connectivity index (χ1v) is 6.91. The fourth-order valence-corrected chi connectivity index (χ4v) is 3.50. The predicted molar refractivity (Wildman–Crippen MR) is 70.0 cm³/mol. The smallest absolute Gasteiger partial charge is 0.0696 e. The highest BCUT2D eigenvalue weighted by Crippen LogP contribution is 2.35. The summed E-state index contributed by atoms with van der Waals surface area (Å²) in [5.41, 5.74) is 1.26. The van der Waals surface area contributed by atoms with Crippen LogP contribution >= 0.6 is 0 Å². The van der Waals surface area contributed by atoms with Gasteiger partial charge >= 0.3 is 0 Å². The second kappa shape index (κ2) is 5.00. The molecule has 2 aliphatic rings. The van der Waals surface area contributed by atoms with Crippen LogP contribution in [-0.4, -0.2) is 39.4 Å². The van der Waals surface area contributed by atoms with Gasteiger partial charge in [0.15, 0.2) is 0 Å². The monoisotopic (exact) mass is 247 g/mol. The molecule has 2 N–H and O–H groups in total. The summed E-state index contributed by atoms with van der Waals surface area (Å²) in [6.07, 6.45) is 3.03. The standard InChI is InChI=1S/C15H21NO2/c17-14-8-6-12-15(18)9-7-13(14)16(12)10-11-4-2-1-3-5-11/h1-5,12-15,17-18H,6-10H2. The van der Waals surface area contributed by atoms with E-state index in [2.05, 4.69) is 17.0 Å². The summed E-state index contributed by atoms with van der Waals surface area (Å²) >= 11 is 0. The predicted octanol–water partition coefficient (Wildman–Crippen LogP) is 1.54. The third-order valence-electron chi connectivity index (χ3n) is 4.46. The molecule has 18 heavy (non-hydrogen) atoms. The van der Waals surface area contributed by atoms with Crippen LogP contribution in [0.1, 0.15) is 31.2 Å². The van der Waals surface area contributed by atoms with Gasteiger partial charge in [0, 0.05) is 18.6 Å². The first-order valence-electron chi connectivity index (χ1n) is 6.91. The molecule has 2 saturated heterocycles. The highest BCUT2D eigenvalue weighted by molar-refractivity contribution is 5.15. The SMILES string of the molecule is OC1CCC2C(O)CCC1N2Cc1ccccc1. The second-order valence-corrected chi connectivity index (χ2v) is 5.58. The van der Waals surface area contributed by atoms with Crippen LogP contribution in [0.5, 0.6) is 0 Å². The number of aliphatic hydroxyl groups excluding tert-OH is 2. The Morgan fingerprint density at radius 2 is 1.44 bits per heavy atom. The van der Waals surface area contributed by atoms with Gasteiger partial charge in [0.25, 0.3) is 0 Å². The molecular weight excluding hydrogens is 226 g/mol. The average molecular weight is 247 g/mol. The van der Waals surface area contributed by atoms with E-state index in [1.54, 1.807) is 0 Å². The van der Waals surface area contributed by atoms with Gasteiger partial charge in [-0.05, 0) is 31.2 Å². The van der Waals surface area contributed by atoms with E-state index >= 15 is 0 Å². The Hall–Kier alpha value is -0.900. The quantitative estimate of drug-likeness (QED) is 0.833. The maximum atomic E-state index is 10.1. The number of fused-ring (bicyclic) bond motifs is 2. The first-order chi connectivity index (χ1) is 8.75. The summed E-state index contributed by atoms with van der Waals surface area (Å²) in [5.74, 6) is 0. The fourth-order valence-electron chi connectivity index (χ4n) is 3.50. The van der Waals surface area contributed by atoms with Crippen LogP contribution in [0.15, 0.2) is 30.3 Å². The summed E-state index contributed by atoms with van der Waals surface area (Å²) in [6.45, 7) is 0.838. The summed E-state index contributed by atoms with van der Waals surface area (Å²) in [5, 5.41) is 20.3. The summed E-state index contributed by atoms with van der Waals surface area (Å²) in [7, 11) is 0. The van der Waals surface area contributed by atoms with Crippen LogP contribution < -0.4 is 0 Å². The zero-order valence-electron chi connectivity index (χ0n) is 10.6. The molecule has 3 heteroatoms. The van der Waals surface area contributed by atoms with Crippen molar-refractivity contribution in [3.63, 3.8) is 0 Å². The molecule has 2 heterocycles. The largest absolute Gasteiger partial charge is 0.391 e. The topological polar surface area (TPSA) is 43.7 Å². The fraction of sp³-hybridized carbons (Fsp3) is 0.600. The van der Waals surface area contributed by atoms with Crippen molar-refractivity contribution in [2.75, 3.05) is 0 Å². The number of nitrogens with zero attached hydrogens (tertiary/aromatic N) is 1. The summed E-state index contributed by atoms with van der Waals surface area (Å²) < 4.78 is 0. The van der Waals surface area contributed by atoms with Crippen molar-refractivity contribution in [2.24, 2.45) is 0 Å². The van der Waals surface area contributed by atoms with E-state index in [0.29, 0.717) is 0 Å². The maximum absolute atomic E-state index is 10.1. The van der Waals surface area contributed by atoms with Crippen LogP contribution in [0.2, 0.25) is 0 Å². The molecule has 3 nitrogen and oxygen atoms in total. The Balaban J connectivity index is 1.80. The third kappa shape index (κ3) is 2.18. The van der Waals surface area contributed by atoms with Gasteiger partial charge in [-0.3, -0.25) is 4.90 Å². The van der Waals surface area contributed by atoms with Gasteiger partial charge in [0.2, 0.25) is 0 Å². The molecule has 1 aromatic rings. The Labute approximate surface area is 108 Å². The van der Waals surface area contributed by atoms with Crippen LogP contribution in [-0.2, 0) is 6.54 Å². The lowest BCUT2D eigenvalue weighted by Crippen LogP contribution is -2.60. The van der Waals surface area contributed by atoms with Gasteiger partial charge in [0.05, 0.1) is 12.2 Å². The van der Waals surface area contributed by atoms with Gasteiger partial charge < -0.3 is 10.2 Å². The zero-order valence-corrected chi connectivity index (χ0v) is 10.6. The van der Waals surface area contributed by atoms with Crippen LogP contribution in [0, 0.1) is 0 Å².